The summed E-state index contributed by atoms with van der Waals surface area (Å²) < 4.78 is 6.00. The van der Waals surface area contributed by atoms with Gasteiger partial charge in [0, 0.05) is 5.92 Å². The van der Waals surface area contributed by atoms with Crippen molar-refractivity contribution in [2.24, 2.45) is 5.92 Å². The summed E-state index contributed by atoms with van der Waals surface area (Å²) in [7, 11) is -1.09. The van der Waals surface area contributed by atoms with Gasteiger partial charge in [0.1, 0.15) is 0 Å². The molecule has 0 aliphatic carbocycles. The molecule has 2 aliphatic rings. The lowest BCUT2D eigenvalue weighted by Gasteiger charge is -2.67. The Labute approximate surface area is 92.5 Å². The van der Waals surface area contributed by atoms with Gasteiger partial charge in [0.25, 0.3) is 0 Å². The molecule has 2 unspecified atom stereocenters. The predicted octanol–water partition coefficient (Wildman–Crippen LogP) is 2.88. The number of ether oxygens (including phenoxy) is 1. The average molecular weight is 218 g/mol. The average Bonchev–Trinajstić information content (AvgIpc) is 2.23. The summed E-state index contributed by atoms with van der Waals surface area (Å²) in [5.74, 6) is 0.874. The van der Waals surface area contributed by atoms with E-state index in [4.69, 9.17) is 4.74 Å². The Morgan fingerprint density at radius 1 is 1.33 bits per heavy atom. The molecule has 1 aromatic rings. The van der Waals surface area contributed by atoms with Gasteiger partial charge < -0.3 is 4.74 Å². The molecule has 0 N–H and O–H groups in total. The lowest BCUT2D eigenvalue weighted by atomic mass is 9.91. The van der Waals surface area contributed by atoms with Crippen LogP contribution in [0.1, 0.15) is 5.56 Å². The Balaban J connectivity index is 1.84. The molecule has 2 atom stereocenters. The first-order valence-corrected chi connectivity index (χ1v) is 9.03. The van der Waals surface area contributed by atoms with E-state index >= 15 is 0 Å². The summed E-state index contributed by atoms with van der Waals surface area (Å²) in [5.41, 5.74) is 1.45. The summed E-state index contributed by atoms with van der Waals surface area (Å²) >= 11 is 0. The van der Waals surface area contributed by atoms with E-state index in [2.05, 4.69) is 43.4 Å². The van der Waals surface area contributed by atoms with Crippen LogP contribution in [0.4, 0.5) is 0 Å². The first-order valence-electron chi connectivity index (χ1n) is 5.82. The summed E-state index contributed by atoms with van der Waals surface area (Å²) in [5, 5.41) is 0.300. The van der Waals surface area contributed by atoms with Crippen molar-refractivity contribution in [3.05, 3.63) is 35.9 Å². The maximum atomic E-state index is 6.00. The zero-order valence-corrected chi connectivity index (χ0v) is 10.5. The minimum absolute atomic E-state index is 0.300. The van der Waals surface area contributed by atoms with E-state index < -0.39 is 8.07 Å². The van der Waals surface area contributed by atoms with Gasteiger partial charge in [0.2, 0.25) is 0 Å². The van der Waals surface area contributed by atoms with Gasteiger partial charge >= 0.3 is 0 Å². The quantitative estimate of drug-likeness (QED) is 0.694. The molecule has 3 rings (SSSR count). The Morgan fingerprint density at radius 3 is 2.53 bits per heavy atom. The van der Waals surface area contributed by atoms with E-state index in [9.17, 15) is 0 Å². The topological polar surface area (TPSA) is 9.23 Å². The van der Waals surface area contributed by atoms with Gasteiger partial charge in [0.05, 0.1) is 19.9 Å². The summed E-state index contributed by atoms with van der Waals surface area (Å²) in [6.07, 6.45) is 1.15. The highest BCUT2D eigenvalue weighted by Gasteiger charge is 2.67. The van der Waals surface area contributed by atoms with E-state index in [-0.39, 0.29) is 0 Å². The number of hydrogen-bond acceptors (Lipinski definition) is 1. The van der Waals surface area contributed by atoms with E-state index in [1.165, 1.54) is 11.6 Å². The highest BCUT2D eigenvalue weighted by Crippen LogP contribution is 2.57. The van der Waals surface area contributed by atoms with Crippen LogP contribution < -0.4 is 0 Å². The van der Waals surface area contributed by atoms with Crippen LogP contribution in [0.5, 0.6) is 0 Å². The first kappa shape index (κ1) is 9.61. The minimum Gasteiger partial charge on any atom is -0.377 e. The second-order valence-corrected chi connectivity index (χ2v) is 10.7. The lowest BCUT2D eigenvalue weighted by molar-refractivity contribution is -0.172. The normalized spacial score (nSPS) is 36.3. The zero-order valence-electron chi connectivity index (χ0n) is 9.49. The van der Waals surface area contributed by atoms with E-state index in [1.54, 1.807) is 0 Å². The molecule has 2 aliphatic heterocycles. The number of rotatable bonds is 2. The third-order valence-corrected chi connectivity index (χ3v) is 8.95. The van der Waals surface area contributed by atoms with Crippen LogP contribution in [0.2, 0.25) is 19.1 Å². The van der Waals surface area contributed by atoms with Crippen LogP contribution in [0, 0.1) is 5.92 Å². The molecule has 2 saturated heterocycles. The van der Waals surface area contributed by atoms with Gasteiger partial charge in [-0.3, -0.25) is 0 Å². The molecule has 80 valence electrons. The maximum Gasteiger partial charge on any atom is 0.0868 e. The molecule has 2 heteroatoms. The highest BCUT2D eigenvalue weighted by molar-refractivity contribution is 6.83. The zero-order chi connectivity index (χ0) is 10.5. The van der Waals surface area contributed by atoms with Gasteiger partial charge in [-0.05, 0) is 18.0 Å². The second-order valence-electron chi connectivity index (χ2n) is 5.65. The fourth-order valence-corrected chi connectivity index (χ4v) is 7.47. The fourth-order valence-electron chi connectivity index (χ4n) is 3.37. The molecule has 15 heavy (non-hydrogen) atoms. The minimum atomic E-state index is -1.09. The van der Waals surface area contributed by atoms with Crippen molar-refractivity contribution < 1.29 is 4.74 Å². The second kappa shape index (κ2) is 2.95. The van der Waals surface area contributed by atoms with Crippen LogP contribution in [-0.2, 0) is 11.2 Å². The van der Waals surface area contributed by atoms with Crippen LogP contribution >= 0.6 is 0 Å². The van der Waals surface area contributed by atoms with Crippen LogP contribution in [0.3, 0.4) is 0 Å². The monoisotopic (exact) mass is 218 g/mol. The van der Waals surface area contributed by atoms with Crippen LogP contribution in [0.15, 0.2) is 30.3 Å². The lowest BCUT2D eigenvalue weighted by Crippen LogP contribution is -2.79. The molecule has 2 heterocycles. The molecular formula is C13H18OSi. The number of hydrogen-bond donors (Lipinski definition) is 0. The first-order chi connectivity index (χ1) is 7.14. The van der Waals surface area contributed by atoms with E-state index in [1.807, 2.05) is 0 Å². The molecule has 2 fully saturated rings. The fraction of sp³-hybridized carbons (Fsp3) is 0.538. The molecule has 0 spiro atoms. The van der Waals surface area contributed by atoms with Crippen molar-refractivity contribution in [1.82, 2.24) is 0 Å². The van der Waals surface area contributed by atoms with Crippen LogP contribution in [-0.4, -0.2) is 19.9 Å². The third-order valence-electron chi connectivity index (χ3n) is 4.41. The van der Waals surface area contributed by atoms with Gasteiger partial charge in [-0.15, -0.1) is 0 Å². The van der Waals surface area contributed by atoms with Crippen LogP contribution in [0.25, 0.3) is 0 Å². The Hall–Kier alpha value is -0.603. The summed E-state index contributed by atoms with van der Waals surface area (Å²) in [6, 6.07) is 12.3. The van der Waals surface area contributed by atoms with Crippen molar-refractivity contribution in [2.45, 2.75) is 30.8 Å². The summed E-state index contributed by atoms with van der Waals surface area (Å²) in [6.45, 7) is 5.97. The Kier molecular flexibility index (Phi) is 1.89. The number of benzene rings is 1. The SMILES string of the molecule is C[Si]1(C)CC2COC21Cc1ccccc1. The van der Waals surface area contributed by atoms with Gasteiger partial charge in [-0.25, -0.2) is 0 Å². The van der Waals surface area contributed by atoms with E-state index in [0.717, 1.165) is 18.9 Å². The molecular weight excluding hydrogens is 200 g/mol. The van der Waals surface area contributed by atoms with Crippen molar-refractivity contribution in [1.29, 1.82) is 0 Å². The molecule has 1 aromatic carbocycles. The third kappa shape index (κ3) is 1.18. The van der Waals surface area contributed by atoms with Crippen molar-refractivity contribution in [2.75, 3.05) is 6.61 Å². The van der Waals surface area contributed by atoms with Gasteiger partial charge in [-0.2, -0.15) is 0 Å². The standard InChI is InChI=1S/C13H18OSi/c1-15(2)10-12-9-14-13(12,15)8-11-6-4-3-5-7-11/h3-7,12H,8-10H2,1-2H3. The van der Waals surface area contributed by atoms with Gasteiger partial charge in [-0.1, -0.05) is 43.4 Å². The molecule has 0 amide bonds. The molecule has 0 bridgehead atoms. The molecule has 1 nitrogen and oxygen atoms in total. The predicted molar refractivity (Wildman–Crippen MR) is 64.6 cm³/mol. The van der Waals surface area contributed by atoms with Crippen molar-refractivity contribution >= 4 is 8.07 Å². The van der Waals surface area contributed by atoms with E-state index in [0.29, 0.717) is 5.22 Å². The van der Waals surface area contributed by atoms with Gasteiger partial charge in [0.15, 0.2) is 0 Å². The summed E-state index contributed by atoms with van der Waals surface area (Å²) in [4.78, 5) is 0. The molecule has 0 aromatic heterocycles. The van der Waals surface area contributed by atoms with Crippen molar-refractivity contribution in [3.63, 3.8) is 0 Å². The molecule has 0 radical (unpaired) electrons. The Bertz CT molecular complexity index is 373. The highest BCUT2D eigenvalue weighted by atomic mass is 28.3. The Morgan fingerprint density at radius 2 is 2.07 bits per heavy atom. The number of fused-ring (bicyclic) bond motifs is 1. The maximum absolute atomic E-state index is 6.00. The molecule has 0 saturated carbocycles. The largest absolute Gasteiger partial charge is 0.377 e. The van der Waals surface area contributed by atoms with Crippen molar-refractivity contribution in [3.8, 4) is 0 Å². The smallest absolute Gasteiger partial charge is 0.0868 e.